The first-order valence-electron chi connectivity index (χ1n) is 9.62. The van der Waals surface area contributed by atoms with Crippen LogP contribution in [0.25, 0.3) is 10.2 Å². The molecule has 0 aliphatic carbocycles. The van der Waals surface area contributed by atoms with E-state index < -0.39 is 15.7 Å². The maximum atomic E-state index is 13.7. The molecule has 0 unspecified atom stereocenters. The van der Waals surface area contributed by atoms with Crippen molar-refractivity contribution < 1.29 is 13.2 Å². The van der Waals surface area contributed by atoms with Gasteiger partial charge >= 0.3 is 0 Å². The zero-order valence-corrected chi connectivity index (χ0v) is 19.0. The van der Waals surface area contributed by atoms with Crippen LogP contribution in [0.1, 0.15) is 22.8 Å². The molecule has 0 N–H and O–H groups in total. The van der Waals surface area contributed by atoms with Crippen LogP contribution in [0.4, 0.5) is 5.13 Å². The van der Waals surface area contributed by atoms with E-state index in [-0.39, 0.29) is 22.8 Å². The lowest BCUT2D eigenvalue weighted by atomic mass is 10.1. The molecule has 0 saturated carbocycles. The molecule has 3 aromatic carbocycles. The van der Waals surface area contributed by atoms with Crippen molar-refractivity contribution in [1.29, 1.82) is 0 Å². The lowest BCUT2D eigenvalue weighted by Crippen LogP contribution is -2.31. The molecule has 0 aliphatic heterocycles. The molecule has 158 valence electrons. The number of rotatable bonds is 6. The molecule has 0 radical (unpaired) electrons. The number of nitrogens with zero attached hydrogens (tertiary/aromatic N) is 2. The molecule has 1 amide bonds. The number of benzene rings is 3. The first kappa shape index (κ1) is 21.5. The van der Waals surface area contributed by atoms with Gasteiger partial charge < -0.3 is 0 Å². The SMILES string of the molecule is CCS(=O)(=O)c1ccccc1C(=O)N(Cc1ccccc1)c1nc2ccc(Cl)cc2s1. The number of carbonyl (C=O) groups is 1. The largest absolute Gasteiger partial charge is 0.279 e. The highest BCUT2D eigenvalue weighted by Crippen LogP contribution is 2.33. The molecular formula is C23H19ClN2O3S2. The Hall–Kier alpha value is -2.74. The van der Waals surface area contributed by atoms with Crippen molar-refractivity contribution in [1.82, 2.24) is 4.98 Å². The maximum Gasteiger partial charge on any atom is 0.261 e. The maximum absolute atomic E-state index is 13.7. The monoisotopic (exact) mass is 470 g/mol. The summed E-state index contributed by atoms with van der Waals surface area (Å²) in [5.74, 6) is -0.503. The van der Waals surface area contributed by atoms with Gasteiger partial charge in [-0.25, -0.2) is 13.4 Å². The molecule has 8 heteroatoms. The van der Waals surface area contributed by atoms with Crippen LogP contribution in [0.3, 0.4) is 0 Å². The highest BCUT2D eigenvalue weighted by atomic mass is 35.5. The van der Waals surface area contributed by atoms with Crippen molar-refractivity contribution in [3.8, 4) is 0 Å². The molecule has 5 nitrogen and oxygen atoms in total. The lowest BCUT2D eigenvalue weighted by Gasteiger charge is -2.21. The molecule has 0 spiro atoms. The zero-order chi connectivity index (χ0) is 22.0. The van der Waals surface area contributed by atoms with Crippen molar-refractivity contribution in [3.05, 3.63) is 88.9 Å². The number of sulfone groups is 1. The number of amides is 1. The van der Waals surface area contributed by atoms with Crippen LogP contribution in [0.5, 0.6) is 0 Å². The minimum Gasteiger partial charge on any atom is -0.279 e. The molecule has 1 aromatic heterocycles. The van der Waals surface area contributed by atoms with Gasteiger partial charge in [0, 0.05) is 5.02 Å². The van der Waals surface area contributed by atoms with E-state index in [1.54, 1.807) is 43.3 Å². The van der Waals surface area contributed by atoms with Crippen molar-refractivity contribution in [2.24, 2.45) is 0 Å². The van der Waals surface area contributed by atoms with E-state index in [0.29, 0.717) is 10.2 Å². The molecule has 31 heavy (non-hydrogen) atoms. The normalized spacial score (nSPS) is 11.5. The van der Waals surface area contributed by atoms with E-state index >= 15 is 0 Å². The summed E-state index contributed by atoms with van der Waals surface area (Å²) < 4.78 is 26.1. The van der Waals surface area contributed by atoms with Crippen LogP contribution in [0.2, 0.25) is 5.02 Å². The Labute approximate surface area is 189 Å². The zero-order valence-electron chi connectivity index (χ0n) is 16.7. The third-order valence-electron chi connectivity index (χ3n) is 4.83. The van der Waals surface area contributed by atoms with Crippen molar-refractivity contribution in [2.45, 2.75) is 18.4 Å². The number of thiazole rings is 1. The van der Waals surface area contributed by atoms with E-state index in [0.717, 1.165) is 15.8 Å². The van der Waals surface area contributed by atoms with Gasteiger partial charge in [0.15, 0.2) is 15.0 Å². The van der Waals surface area contributed by atoms with E-state index in [1.807, 2.05) is 30.3 Å². The summed E-state index contributed by atoms with van der Waals surface area (Å²) >= 11 is 7.46. The summed E-state index contributed by atoms with van der Waals surface area (Å²) in [7, 11) is -3.57. The van der Waals surface area contributed by atoms with Crippen molar-refractivity contribution in [3.63, 3.8) is 0 Å². The average Bonchev–Trinajstić information content (AvgIpc) is 3.20. The van der Waals surface area contributed by atoms with Crippen molar-refractivity contribution in [2.75, 3.05) is 10.7 Å². The Balaban J connectivity index is 1.84. The predicted octanol–water partition coefficient (Wildman–Crippen LogP) is 5.59. The number of anilines is 1. The fourth-order valence-corrected chi connectivity index (χ4v) is 5.54. The Morgan fingerprint density at radius 2 is 1.74 bits per heavy atom. The summed E-state index contributed by atoms with van der Waals surface area (Å²) in [5, 5.41) is 1.07. The van der Waals surface area contributed by atoms with Crippen LogP contribution in [-0.2, 0) is 16.4 Å². The van der Waals surface area contributed by atoms with Gasteiger partial charge in [-0.05, 0) is 35.9 Å². The number of hydrogen-bond donors (Lipinski definition) is 0. The van der Waals surface area contributed by atoms with E-state index in [4.69, 9.17) is 11.6 Å². The van der Waals surface area contributed by atoms with E-state index in [1.165, 1.54) is 22.3 Å². The Morgan fingerprint density at radius 3 is 2.48 bits per heavy atom. The lowest BCUT2D eigenvalue weighted by molar-refractivity contribution is 0.0982. The van der Waals surface area contributed by atoms with Gasteiger partial charge in [-0.3, -0.25) is 9.69 Å². The third kappa shape index (κ3) is 4.49. The summed E-state index contributed by atoms with van der Waals surface area (Å²) in [6.07, 6.45) is 0. The molecule has 4 aromatic rings. The molecule has 0 fully saturated rings. The second-order valence-corrected chi connectivity index (χ2v) is 10.6. The fourth-order valence-electron chi connectivity index (χ4n) is 3.21. The predicted molar refractivity (Wildman–Crippen MR) is 126 cm³/mol. The topological polar surface area (TPSA) is 67.3 Å². The highest BCUT2D eigenvalue weighted by molar-refractivity contribution is 7.91. The quantitative estimate of drug-likeness (QED) is 0.368. The van der Waals surface area contributed by atoms with Gasteiger partial charge in [-0.2, -0.15) is 0 Å². The summed E-state index contributed by atoms with van der Waals surface area (Å²) in [4.78, 5) is 19.9. The molecule has 0 bridgehead atoms. The van der Waals surface area contributed by atoms with E-state index in [9.17, 15) is 13.2 Å². The minimum absolute atomic E-state index is 0.0321. The molecule has 0 atom stereocenters. The smallest absolute Gasteiger partial charge is 0.261 e. The number of hydrogen-bond acceptors (Lipinski definition) is 5. The van der Waals surface area contributed by atoms with E-state index in [2.05, 4.69) is 4.98 Å². The first-order chi connectivity index (χ1) is 14.9. The third-order valence-corrected chi connectivity index (χ3v) is 7.89. The Morgan fingerprint density at radius 1 is 1.03 bits per heavy atom. The summed E-state index contributed by atoms with van der Waals surface area (Å²) in [6, 6.07) is 21.2. The van der Waals surface area contributed by atoms with Crippen LogP contribution >= 0.6 is 22.9 Å². The second kappa shape index (κ2) is 8.78. The number of fused-ring (bicyclic) bond motifs is 1. The number of carbonyl (C=O) groups excluding carboxylic acids is 1. The van der Waals surface area contributed by atoms with Crippen molar-refractivity contribution >= 4 is 54.0 Å². The van der Waals surface area contributed by atoms with Crippen LogP contribution in [0.15, 0.2) is 77.7 Å². The second-order valence-electron chi connectivity index (χ2n) is 6.88. The van der Waals surface area contributed by atoms with Crippen LogP contribution < -0.4 is 4.90 Å². The molecule has 4 rings (SSSR count). The van der Waals surface area contributed by atoms with Gasteiger partial charge in [0.05, 0.1) is 33.0 Å². The van der Waals surface area contributed by atoms with Gasteiger partial charge in [0.2, 0.25) is 0 Å². The Bertz CT molecular complexity index is 1350. The van der Waals surface area contributed by atoms with Gasteiger partial charge in [-0.15, -0.1) is 0 Å². The van der Waals surface area contributed by atoms with Gasteiger partial charge in [0.25, 0.3) is 5.91 Å². The first-order valence-corrected chi connectivity index (χ1v) is 12.5. The molecular weight excluding hydrogens is 452 g/mol. The fraction of sp³-hybridized carbons (Fsp3) is 0.130. The molecule has 0 aliphatic rings. The molecule has 0 saturated heterocycles. The van der Waals surface area contributed by atoms with Gasteiger partial charge in [-0.1, -0.05) is 72.3 Å². The summed E-state index contributed by atoms with van der Waals surface area (Å²) in [6.45, 7) is 1.82. The van der Waals surface area contributed by atoms with Crippen LogP contribution in [0, 0.1) is 0 Å². The number of halogens is 1. The Kier molecular flexibility index (Phi) is 6.09. The number of aromatic nitrogens is 1. The molecule has 1 heterocycles. The highest BCUT2D eigenvalue weighted by Gasteiger charge is 2.27. The standard InChI is InChI=1S/C23H19ClN2O3S2/c1-2-31(28,29)21-11-7-6-10-18(21)22(27)26(15-16-8-4-3-5-9-16)23-25-19-13-12-17(24)14-20(19)30-23/h3-14H,2,15H2,1H3. The minimum atomic E-state index is -3.57. The average molecular weight is 471 g/mol. The van der Waals surface area contributed by atoms with Crippen LogP contribution in [-0.4, -0.2) is 25.1 Å². The summed E-state index contributed by atoms with van der Waals surface area (Å²) in [5.41, 5.74) is 1.77. The van der Waals surface area contributed by atoms with Gasteiger partial charge in [0.1, 0.15) is 0 Å².